The van der Waals surface area contributed by atoms with Crippen LogP contribution in [-0.2, 0) is 4.74 Å². The van der Waals surface area contributed by atoms with Crippen LogP contribution in [-0.4, -0.2) is 24.9 Å². The van der Waals surface area contributed by atoms with Gasteiger partial charge in [-0.2, -0.15) is 0 Å². The number of aromatic hydroxyl groups is 1. The molecule has 0 bridgehead atoms. The zero-order valence-electron chi connectivity index (χ0n) is 11.1. The zero-order valence-corrected chi connectivity index (χ0v) is 11.1. The fourth-order valence-corrected chi connectivity index (χ4v) is 1.70. The smallest absolute Gasteiger partial charge is 0.255 e. The molecule has 0 radical (unpaired) electrons. The van der Waals surface area contributed by atoms with Crippen molar-refractivity contribution in [2.45, 2.75) is 0 Å². The number of methoxy groups -OCH3 is 1. The average molecular weight is 272 g/mol. The van der Waals surface area contributed by atoms with Crippen LogP contribution >= 0.6 is 0 Å². The van der Waals surface area contributed by atoms with Crippen molar-refractivity contribution in [2.24, 2.45) is 0 Å². The Hall–Kier alpha value is -2.53. The van der Waals surface area contributed by atoms with Crippen molar-refractivity contribution >= 4 is 17.3 Å². The molecular formula is C15H16N2O3. The first-order chi connectivity index (χ1) is 9.70. The maximum atomic E-state index is 12.0. The van der Waals surface area contributed by atoms with E-state index in [9.17, 15) is 9.90 Å². The molecule has 0 heterocycles. The molecular weight excluding hydrogens is 256 g/mol. The quantitative estimate of drug-likeness (QED) is 0.578. The summed E-state index contributed by atoms with van der Waals surface area (Å²) in [6.07, 6.45) is 0. The number of anilines is 2. The van der Waals surface area contributed by atoms with E-state index in [0.29, 0.717) is 23.7 Å². The molecule has 1 amide bonds. The third kappa shape index (κ3) is 3.49. The molecule has 0 atom stereocenters. The first-order valence-corrected chi connectivity index (χ1v) is 6.13. The number of hydrogen-bond donors (Lipinski definition) is 3. The second-order valence-corrected chi connectivity index (χ2v) is 4.16. The Morgan fingerprint density at radius 2 is 1.95 bits per heavy atom. The van der Waals surface area contributed by atoms with E-state index in [1.54, 1.807) is 43.5 Å². The SMILES string of the molecule is COCNc1ccc(NC(=O)c2ccccc2)cc1O. The fraction of sp³-hybridized carbons (Fsp3) is 0.133. The lowest BCUT2D eigenvalue weighted by Crippen LogP contribution is -2.11. The fourth-order valence-electron chi connectivity index (χ4n) is 1.70. The van der Waals surface area contributed by atoms with E-state index in [0.717, 1.165) is 0 Å². The molecule has 3 N–H and O–H groups in total. The van der Waals surface area contributed by atoms with E-state index < -0.39 is 0 Å². The van der Waals surface area contributed by atoms with Gasteiger partial charge in [-0.25, -0.2) is 0 Å². The number of phenolic OH excluding ortho intramolecular Hbond substituents is 1. The topological polar surface area (TPSA) is 70.6 Å². The summed E-state index contributed by atoms with van der Waals surface area (Å²) < 4.78 is 4.86. The molecule has 0 aliphatic carbocycles. The van der Waals surface area contributed by atoms with Crippen molar-refractivity contribution in [1.82, 2.24) is 0 Å². The van der Waals surface area contributed by atoms with E-state index >= 15 is 0 Å². The van der Waals surface area contributed by atoms with Crippen LogP contribution in [0.4, 0.5) is 11.4 Å². The Balaban J connectivity index is 2.07. The highest BCUT2D eigenvalue weighted by Gasteiger charge is 2.07. The Bertz CT molecular complexity index is 585. The number of rotatable bonds is 5. The molecule has 0 aromatic heterocycles. The molecule has 2 aromatic rings. The summed E-state index contributed by atoms with van der Waals surface area (Å²) in [5.74, 6) is -0.171. The maximum absolute atomic E-state index is 12.0. The van der Waals surface area contributed by atoms with Gasteiger partial charge in [-0.05, 0) is 24.3 Å². The number of benzene rings is 2. The van der Waals surface area contributed by atoms with Crippen molar-refractivity contribution in [1.29, 1.82) is 0 Å². The van der Waals surface area contributed by atoms with Crippen LogP contribution in [0.5, 0.6) is 5.75 Å². The lowest BCUT2D eigenvalue weighted by Gasteiger charge is -2.10. The minimum Gasteiger partial charge on any atom is -0.506 e. The van der Waals surface area contributed by atoms with Crippen LogP contribution in [0.1, 0.15) is 10.4 Å². The van der Waals surface area contributed by atoms with Crippen molar-refractivity contribution in [3.05, 3.63) is 54.1 Å². The van der Waals surface area contributed by atoms with E-state index in [4.69, 9.17) is 4.74 Å². The van der Waals surface area contributed by atoms with Gasteiger partial charge in [0.25, 0.3) is 5.91 Å². The predicted octanol–water partition coefficient (Wildman–Crippen LogP) is 2.66. The van der Waals surface area contributed by atoms with Crippen molar-refractivity contribution < 1.29 is 14.6 Å². The molecule has 0 spiro atoms. The van der Waals surface area contributed by atoms with Crippen molar-refractivity contribution in [2.75, 3.05) is 24.5 Å². The van der Waals surface area contributed by atoms with Gasteiger partial charge in [-0.3, -0.25) is 4.79 Å². The Morgan fingerprint density at radius 1 is 1.20 bits per heavy atom. The summed E-state index contributed by atoms with van der Waals surface area (Å²) in [6.45, 7) is 0.295. The van der Waals surface area contributed by atoms with Crippen LogP contribution < -0.4 is 10.6 Å². The summed E-state index contributed by atoms with van der Waals surface area (Å²) in [5, 5.41) is 15.4. The normalized spacial score (nSPS) is 10.1. The number of amides is 1. The number of hydrogen-bond acceptors (Lipinski definition) is 4. The first-order valence-electron chi connectivity index (χ1n) is 6.13. The van der Waals surface area contributed by atoms with Gasteiger partial charge >= 0.3 is 0 Å². The minimum atomic E-state index is -0.220. The molecule has 0 saturated carbocycles. The molecule has 0 fully saturated rings. The van der Waals surface area contributed by atoms with E-state index in [1.807, 2.05) is 6.07 Å². The molecule has 0 saturated heterocycles. The van der Waals surface area contributed by atoms with Crippen LogP contribution in [0.25, 0.3) is 0 Å². The van der Waals surface area contributed by atoms with E-state index in [2.05, 4.69) is 10.6 Å². The number of ether oxygens (including phenoxy) is 1. The standard InChI is InChI=1S/C15H16N2O3/c1-20-10-16-13-8-7-12(9-14(13)18)17-15(19)11-5-3-2-4-6-11/h2-9,16,18H,10H2,1H3,(H,17,19). The molecule has 0 aliphatic heterocycles. The third-order valence-electron chi connectivity index (χ3n) is 2.70. The van der Waals surface area contributed by atoms with Gasteiger partial charge in [0, 0.05) is 24.4 Å². The van der Waals surface area contributed by atoms with Crippen LogP contribution in [0.15, 0.2) is 48.5 Å². The second kappa shape index (κ2) is 6.58. The third-order valence-corrected chi connectivity index (χ3v) is 2.70. The Kier molecular flexibility index (Phi) is 4.57. The predicted molar refractivity (Wildman–Crippen MR) is 78.0 cm³/mol. The Morgan fingerprint density at radius 3 is 2.60 bits per heavy atom. The molecule has 2 aromatic carbocycles. The van der Waals surface area contributed by atoms with Crippen LogP contribution in [0.3, 0.4) is 0 Å². The first kappa shape index (κ1) is 13.9. The van der Waals surface area contributed by atoms with Crippen LogP contribution in [0, 0.1) is 0 Å². The average Bonchev–Trinajstić information content (AvgIpc) is 2.47. The summed E-state index contributed by atoms with van der Waals surface area (Å²) >= 11 is 0. The van der Waals surface area contributed by atoms with E-state index in [-0.39, 0.29) is 11.7 Å². The molecule has 0 unspecified atom stereocenters. The summed E-state index contributed by atoms with van der Waals surface area (Å²) in [5.41, 5.74) is 1.64. The molecule has 5 heteroatoms. The van der Waals surface area contributed by atoms with Gasteiger partial charge in [-0.1, -0.05) is 18.2 Å². The maximum Gasteiger partial charge on any atom is 0.255 e. The summed E-state index contributed by atoms with van der Waals surface area (Å²) in [7, 11) is 1.55. The second-order valence-electron chi connectivity index (χ2n) is 4.16. The van der Waals surface area contributed by atoms with Gasteiger partial charge in [0.15, 0.2) is 0 Å². The van der Waals surface area contributed by atoms with Gasteiger partial charge in [0.05, 0.1) is 5.69 Å². The van der Waals surface area contributed by atoms with Gasteiger partial charge in [0.1, 0.15) is 12.5 Å². The molecule has 5 nitrogen and oxygen atoms in total. The van der Waals surface area contributed by atoms with Crippen molar-refractivity contribution in [3.8, 4) is 5.75 Å². The largest absolute Gasteiger partial charge is 0.506 e. The highest BCUT2D eigenvalue weighted by atomic mass is 16.5. The lowest BCUT2D eigenvalue weighted by molar-refractivity contribution is 0.102. The highest BCUT2D eigenvalue weighted by Crippen LogP contribution is 2.26. The highest BCUT2D eigenvalue weighted by molar-refractivity contribution is 6.04. The van der Waals surface area contributed by atoms with Gasteiger partial charge in [0.2, 0.25) is 0 Å². The Labute approximate surface area is 117 Å². The lowest BCUT2D eigenvalue weighted by atomic mass is 10.2. The molecule has 104 valence electrons. The minimum absolute atomic E-state index is 0.0490. The summed E-state index contributed by atoms with van der Waals surface area (Å²) in [6, 6.07) is 13.8. The monoisotopic (exact) mass is 272 g/mol. The number of nitrogens with one attached hydrogen (secondary N) is 2. The summed E-state index contributed by atoms with van der Waals surface area (Å²) in [4.78, 5) is 12.0. The molecule has 20 heavy (non-hydrogen) atoms. The molecule has 0 aliphatic rings. The zero-order chi connectivity index (χ0) is 14.4. The molecule has 2 rings (SSSR count). The van der Waals surface area contributed by atoms with Crippen molar-refractivity contribution in [3.63, 3.8) is 0 Å². The van der Waals surface area contributed by atoms with Gasteiger partial charge < -0.3 is 20.5 Å². The van der Waals surface area contributed by atoms with Crippen LogP contribution in [0.2, 0.25) is 0 Å². The number of carbonyl (C=O) groups is 1. The number of carbonyl (C=O) groups excluding carboxylic acids is 1. The number of phenols is 1. The van der Waals surface area contributed by atoms with E-state index in [1.165, 1.54) is 6.07 Å². The van der Waals surface area contributed by atoms with Gasteiger partial charge in [-0.15, -0.1) is 0 Å².